The van der Waals surface area contributed by atoms with Gasteiger partial charge in [-0.2, -0.15) is 5.26 Å². The summed E-state index contributed by atoms with van der Waals surface area (Å²) in [6, 6.07) is 4.82. The maximum absolute atomic E-state index is 13.1. The SMILES string of the molecule is COc1cc2c(c(C#N)c1CC(=O)c1sccc1S(=O)(=O)Nc1onc(C)c1Cl)OCO2. The van der Waals surface area contributed by atoms with Crippen molar-refractivity contribution in [3.63, 3.8) is 0 Å². The van der Waals surface area contributed by atoms with E-state index in [0.29, 0.717) is 11.4 Å². The first-order valence-electron chi connectivity index (χ1n) is 8.91. The summed E-state index contributed by atoms with van der Waals surface area (Å²) in [5.41, 5.74) is 0.668. The van der Waals surface area contributed by atoms with Gasteiger partial charge in [-0.1, -0.05) is 16.8 Å². The van der Waals surface area contributed by atoms with Crippen molar-refractivity contribution in [1.29, 1.82) is 5.26 Å². The Hall–Kier alpha value is -3.27. The first-order chi connectivity index (χ1) is 15.3. The van der Waals surface area contributed by atoms with Gasteiger partial charge in [0.1, 0.15) is 33.0 Å². The zero-order valence-electron chi connectivity index (χ0n) is 16.6. The number of fused-ring (bicyclic) bond motifs is 1. The van der Waals surface area contributed by atoms with Gasteiger partial charge < -0.3 is 18.7 Å². The molecule has 0 saturated heterocycles. The monoisotopic (exact) mass is 495 g/mol. The second-order valence-corrected chi connectivity index (χ2v) is 9.45. The number of carbonyl (C=O) groups is 1. The molecule has 0 unspecified atom stereocenters. The number of nitrogens with zero attached hydrogens (tertiary/aromatic N) is 2. The van der Waals surface area contributed by atoms with Crippen LogP contribution in [0.2, 0.25) is 5.02 Å². The van der Waals surface area contributed by atoms with Crippen LogP contribution in [0.1, 0.15) is 26.5 Å². The van der Waals surface area contributed by atoms with Gasteiger partial charge in [-0.3, -0.25) is 4.79 Å². The third-order valence-electron chi connectivity index (χ3n) is 4.59. The molecule has 0 bridgehead atoms. The van der Waals surface area contributed by atoms with E-state index in [4.69, 9.17) is 30.3 Å². The molecule has 0 aliphatic carbocycles. The highest BCUT2D eigenvalue weighted by atomic mass is 35.5. The lowest BCUT2D eigenvalue weighted by molar-refractivity contribution is 0.0993. The molecule has 0 radical (unpaired) electrons. The highest BCUT2D eigenvalue weighted by Crippen LogP contribution is 2.43. The number of hydrogen-bond acceptors (Lipinski definition) is 10. The molecule has 4 rings (SSSR count). The minimum atomic E-state index is -4.21. The van der Waals surface area contributed by atoms with Crippen LogP contribution in [0.3, 0.4) is 0 Å². The number of rotatable bonds is 7. The standard InChI is InChI=1S/C19H14ClN3O7S2/c1-9-16(20)19(30-22-9)23-32(25,26)15-3-4-31-18(15)12(24)5-10-11(7-21)17-14(28-8-29-17)6-13(10)27-2/h3-4,6,23H,5,8H2,1-2H3. The van der Waals surface area contributed by atoms with Crippen LogP contribution >= 0.6 is 22.9 Å². The number of anilines is 1. The minimum Gasteiger partial charge on any atom is -0.496 e. The largest absolute Gasteiger partial charge is 0.496 e. The zero-order valence-corrected chi connectivity index (χ0v) is 19.0. The fourth-order valence-corrected chi connectivity index (χ4v) is 5.64. The maximum Gasteiger partial charge on any atom is 0.265 e. The number of halogens is 1. The van der Waals surface area contributed by atoms with E-state index < -0.39 is 15.8 Å². The normalized spacial score (nSPS) is 12.4. The molecule has 0 saturated carbocycles. The first kappa shape index (κ1) is 21.9. The number of ether oxygens (including phenoxy) is 3. The summed E-state index contributed by atoms with van der Waals surface area (Å²) in [5.74, 6) is 0.0126. The van der Waals surface area contributed by atoms with Gasteiger partial charge in [-0.25, -0.2) is 13.1 Å². The Bertz CT molecular complexity index is 1370. The molecule has 0 spiro atoms. The smallest absolute Gasteiger partial charge is 0.265 e. The summed E-state index contributed by atoms with van der Waals surface area (Å²) in [6.45, 7) is 1.49. The average Bonchev–Trinajstić information content (AvgIpc) is 3.50. The van der Waals surface area contributed by atoms with Gasteiger partial charge >= 0.3 is 0 Å². The molecule has 1 N–H and O–H groups in total. The molecule has 13 heteroatoms. The Morgan fingerprint density at radius 1 is 1.44 bits per heavy atom. The number of Topliss-reactive ketones (excluding diaryl/α,β-unsaturated/α-hetero) is 1. The Labute approximate surface area is 191 Å². The van der Waals surface area contributed by atoms with Crippen molar-refractivity contribution in [3.05, 3.63) is 44.2 Å². The molecule has 1 aliphatic heterocycles. The van der Waals surface area contributed by atoms with Gasteiger partial charge in [0.15, 0.2) is 17.3 Å². The molecule has 2 aromatic heterocycles. The van der Waals surface area contributed by atoms with Gasteiger partial charge in [0.25, 0.3) is 15.9 Å². The predicted molar refractivity (Wildman–Crippen MR) is 113 cm³/mol. The van der Waals surface area contributed by atoms with E-state index in [9.17, 15) is 18.5 Å². The van der Waals surface area contributed by atoms with Gasteiger partial charge in [0.2, 0.25) is 6.79 Å². The molecular formula is C19H14ClN3O7S2. The molecule has 3 heterocycles. The van der Waals surface area contributed by atoms with E-state index >= 15 is 0 Å². The number of ketones is 1. The second-order valence-electron chi connectivity index (χ2n) is 6.51. The molecule has 0 amide bonds. The first-order valence-corrected chi connectivity index (χ1v) is 11.7. The van der Waals surface area contributed by atoms with Crippen LogP contribution in [-0.4, -0.2) is 33.3 Å². The van der Waals surface area contributed by atoms with E-state index in [1.165, 1.54) is 24.6 Å². The summed E-state index contributed by atoms with van der Waals surface area (Å²) < 4.78 is 48.8. The molecule has 0 atom stereocenters. The number of aryl methyl sites for hydroxylation is 1. The topological polar surface area (TPSA) is 141 Å². The number of hydrogen-bond donors (Lipinski definition) is 1. The predicted octanol–water partition coefficient (Wildman–Crippen LogP) is 3.53. The molecular weight excluding hydrogens is 482 g/mol. The molecule has 1 aliphatic rings. The highest BCUT2D eigenvalue weighted by Gasteiger charge is 2.30. The molecule has 3 aromatic rings. The number of thiophene rings is 1. The van der Waals surface area contributed by atoms with Crippen molar-refractivity contribution in [1.82, 2.24) is 5.16 Å². The van der Waals surface area contributed by atoms with Gasteiger partial charge in [0, 0.05) is 18.1 Å². The number of carbonyl (C=O) groups excluding carboxylic acids is 1. The molecule has 166 valence electrons. The van der Waals surface area contributed by atoms with Crippen LogP contribution in [0.4, 0.5) is 5.88 Å². The summed E-state index contributed by atoms with van der Waals surface area (Å²) in [6.07, 6.45) is -0.298. The Balaban J connectivity index is 1.68. The van der Waals surface area contributed by atoms with Crippen LogP contribution in [0.5, 0.6) is 17.2 Å². The lowest BCUT2D eigenvalue weighted by Crippen LogP contribution is -2.16. The zero-order chi connectivity index (χ0) is 23.0. The van der Waals surface area contributed by atoms with Gasteiger partial charge in [0.05, 0.1) is 12.0 Å². The van der Waals surface area contributed by atoms with E-state index in [0.717, 1.165) is 11.3 Å². The third kappa shape index (κ3) is 3.75. The molecule has 10 nitrogen and oxygen atoms in total. The Morgan fingerprint density at radius 2 is 2.22 bits per heavy atom. The summed E-state index contributed by atoms with van der Waals surface area (Å²) in [5, 5.41) is 14.7. The van der Waals surface area contributed by atoms with Crippen LogP contribution in [0.15, 0.2) is 26.9 Å². The third-order valence-corrected chi connectivity index (χ3v) is 7.49. The van der Waals surface area contributed by atoms with Crippen LogP contribution in [0.25, 0.3) is 0 Å². The number of methoxy groups -OCH3 is 1. The van der Waals surface area contributed by atoms with E-state index in [-0.39, 0.29) is 56.5 Å². The lowest BCUT2D eigenvalue weighted by atomic mass is 9.99. The molecule has 1 aromatic carbocycles. The lowest BCUT2D eigenvalue weighted by Gasteiger charge is -2.12. The van der Waals surface area contributed by atoms with Crippen molar-refractivity contribution in [2.45, 2.75) is 18.2 Å². The summed E-state index contributed by atoms with van der Waals surface area (Å²) in [4.78, 5) is 12.8. The fraction of sp³-hybridized carbons (Fsp3) is 0.211. The number of aromatic nitrogens is 1. The average molecular weight is 496 g/mol. The van der Waals surface area contributed by atoms with Crippen molar-refractivity contribution < 1.29 is 31.9 Å². The molecule has 0 fully saturated rings. The second kappa shape index (κ2) is 8.34. The number of sulfonamides is 1. The molecule has 32 heavy (non-hydrogen) atoms. The number of benzene rings is 1. The van der Waals surface area contributed by atoms with Crippen molar-refractivity contribution in [2.75, 3.05) is 18.6 Å². The van der Waals surface area contributed by atoms with Crippen LogP contribution in [0, 0.1) is 18.3 Å². The summed E-state index contributed by atoms with van der Waals surface area (Å²) >= 11 is 6.93. The van der Waals surface area contributed by atoms with Gasteiger partial charge in [-0.05, 0) is 18.4 Å². The summed E-state index contributed by atoms with van der Waals surface area (Å²) in [7, 11) is -2.82. The van der Waals surface area contributed by atoms with Crippen molar-refractivity contribution in [3.8, 4) is 23.3 Å². The van der Waals surface area contributed by atoms with E-state index in [1.807, 2.05) is 6.07 Å². The van der Waals surface area contributed by atoms with Crippen molar-refractivity contribution >= 4 is 44.6 Å². The van der Waals surface area contributed by atoms with E-state index in [2.05, 4.69) is 9.88 Å². The van der Waals surface area contributed by atoms with Gasteiger partial charge in [-0.15, -0.1) is 11.3 Å². The van der Waals surface area contributed by atoms with E-state index in [1.54, 1.807) is 6.92 Å². The number of nitriles is 1. The maximum atomic E-state index is 13.1. The van der Waals surface area contributed by atoms with Crippen molar-refractivity contribution in [2.24, 2.45) is 0 Å². The van der Waals surface area contributed by atoms with Crippen LogP contribution in [-0.2, 0) is 16.4 Å². The Morgan fingerprint density at radius 3 is 2.88 bits per heavy atom. The van der Waals surface area contributed by atoms with Crippen LogP contribution < -0.4 is 18.9 Å². The fourth-order valence-electron chi connectivity index (χ4n) is 3.09. The highest BCUT2D eigenvalue weighted by molar-refractivity contribution is 7.93. The quantitative estimate of drug-likeness (QED) is 0.487. The Kier molecular flexibility index (Phi) is 5.72. The minimum absolute atomic E-state index is 0.0143. The number of nitrogens with one attached hydrogen (secondary N) is 1.